The number of amides is 1. The number of nitrogens with zero attached hydrogens (tertiary/aromatic N) is 3. The summed E-state index contributed by atoms with van der Waals surface area (Å²) in [7, 11) is 0. The molecule has 6 heteroatoms. The molecule has 0 spiro atoms. The molecule has 1 N–H and O–H groups in total. The van der Waals surface area contributed by atoms with E-state index in [-0.39, 0.29) is 17.4 Å². The minimum Gasteiger partial charge on any atom is -0.438 e. The highest BCUT2D eigenvalue weighted by Gasteiger charge is 2.18. The van der Waals surface area contributed by atoms with Gasteiger partial charge in [-0.25, -0.2) is 4.98 Å². The van der Waals surface area contributed by atoms with Gasteiger partial charge < -0.3 is 10.1 Å². The van der Waals surface area contributed by atoms with E-state index in [1.54, 1.807) is 6.20 Å². The minimum absolute atomic E-state index is 0.208. The van der Waals surface area contributed by atoms with Crippen LogP contribution in [0.4, 0.5) is 0 Å². The lowest BCUT2D eigenvalue weighted by Gasteiger charge is -2.13. The standard InChI is InChI=1S/C25H22N4O2/c1-17-11-12-22(18(2)14-17)31-25-21(24(30)28-15-20-10-6-7-13-26-20)16-27-23(29-25)19-8-4-3-5-9-19/h3-14,16H,15H2,1-2H3,(H,28,30). The number of aryl methyl sites for hydroxylation is 2. The molecule has 31 heavy (non-hydrogen) atoms. The SMILES string of the molecule is Cc1ccc(Oc2nc(-c3ccccc3)ncc2C(=O)NCc2ccccn2)c(C)c1. The number of aromatic nitrogens is 3. The van der Waals surface area contributed by atoms with Crippen molar-refractivity contribution in [3.63, 3.8) is 0 Å². The number of carbonyl (C=O) groups is 1. The van der Waals surface area contributed by atoms with Gasteiger partial charge >= 0.3 is 0 Å². The molecule has 0 aliphatic heterocycles. The Kier molecular flexibility index (Phi) is 5.98. The molecule has 6 nitrogen and oxygen atoms in total. The van der Waals surface area contributed by atoms with E-state index >= 15 is 0 Å². The van der Waals surface area contributed by atoms with E-state index in [1.165, 1.54) is 6.20 Å². The lowest BCUT2D eigenvalue weighted by Crippen LogP contribution is -2.24. The van der Waals surface area contributed by atoms with Crippen molar-refractivity contribution in [2.24, 2.45) is 0 Å². The van der Waals surface area contributed by atoms with E-state index < -0.39 is 0 Å². The van der Waals surface area contributed by atoms with Crippen LogP contribution in [0.15, 0.2) is 79.1 Å². The van der Waals surface area contributed by atoms with Crippen molar-refractivity contribution in [2.45, 2.75) is 20.4 Å². The van der Waals surface area contributed by atoms with Gasteiger partial charge in [-0.15, -0.1) is 0 Å². The van der Waals surface area contributed by atoms with Gasteiger partial charge in [-0.2, -0.15) is 4.98 Å². The molecule has 2 aromatic carbocycles. The third-order valence-corrected chi connectivity index (χ3v) is 4.72. The number of hydrogen-bond donors (Lipinski definition) is 1. The summed E-state index contributed by atoms with van der Waals surface area (Å²) in [4.78, 5) is 26.1. The third kappa shape index (κ3) is 4.93. The summed E-state index contributed by atoms with van der Waals surface area (Å²) >= 11 is 0. The van der Waals surface area contributed by atoms with Crippen molar-refractivity contribution in [3.05, 3.63) is 102 Å². The van der Waals surface area contributed by atoms with Crippen molar-refractivity contribution in [2.75, 3.05) is 0 Å². The van der Waals surface area contributed by atoms with Crippen LogP contribution in [0.5, 0.6) is 11.6 Å². The maximum atomic E-state index is 12.9. The molecule has 154 valence electrons. The zero-order valence-electron chi connectivity index (χ0n) is 17.4. The molecule has 0 aliphatic carbocycles. The van der Waals surface area contributed by atoms with Gasteiger partial charge in [0.05, 0.1) is 12.2 Å². The van der Waals surface area contributed by atoms with E-state index in [1.807, 2.05) is 80.6 Å². The molecule has 0 aliphatic rings. The summed E-state index contributed by atoms with van der Waals surface area (Å²) in [5, 5.41) is 2.86. The molecule has 1 amide bonds. The lowest BCUT2D eigenvalue weighted by molar-refractivity contribution is 0.0947. The number of ether oxygens (including phenoxy) is 1. The second-order valence-electron chi connectivity index (χ2n) is 7.15. The zero-order chi connectivity index (χ0) is 21.6. The van der Waals surface area contributed by atoms with Gasteiger partial charge in [0.2, 0.25) is 5.88 Å². The van der Waals surface area contributed by atoms with Crippen molar-refractivity contribution >= 4 is 5.91 Å². The smallest absolute Gasteiger partial charge is 0.258 e. The van der Waals surface area contributed by atoms with Crippen LogP contribution >= 0.6 is 0 Å². The van der Waals surface area contributed by atoms with E-state index in [0.29, 0.717) is 18.1 Å². The summed E-state index contributed by atoms with van der Waals surface area (Å²) in [6.45, 7) is 4.27. The minimum atomic E-state index is -0.329. The second kappa shape index (κ2) is 9.17. The highest BCUT2D eigenvalue weighted by Crippen LogP contribution is 2.28. The van der Waals surface area contributed by atoms with Crippen LogP contribution in [0.2, 0.25) is 0 Å². The molecule has 2 heterocycles. The molecule has 0 unspecified atom stereocenters. The number of hydrogen-bond acceptors (Lipinski definition) is 5. The normalized spacial score (nSPS) is 10.5. The monoisotopic (exact) mass is 410 g/mol. The molecule has 4 rings (SSSR count). The van der Waals surface area contributed by atoms with Gasteiger partial charge in [-0.1, -0.05) is 54.1 Å². The predicted octanol–water partition coefficient (Wildman–Crippen LogP) is 4.88. The summed E-state index contributed by atoms with van der Waals surface area (Å²) in [5.41, 5.74) is 3.95. The molecular weight excluding hydrogens is 388 g/mol. The van der Waals surface area contributed by atoms with Crippen molar-refractivity contribution in [1.29, 1.82) is 0 Å². The summed E-state index contributed by atoms with van der Waals surface area (Å²) in [6, 6.07) is 21.0. The van der Waals surface area contributed by atoms with Gasteiger partial charge in [0.25, 0.3) is 5.91 Å². The first kappa shape index (κ1) is 20.2. The average molecular weight is 410 g/mol. The Bertz CT molecular complexity index is 1190. The number of carbonyl (C=O) groups excluding carboxylic acids is 1. The van der Waals surface area contributed by atoms with Crippen LogP contribution in [-0.4, -0.2) is 20.9 Å². The fraction of sp³-hybridized carbons (Fsp3) is 0.120. The highest BCUT2D eigenvalue weighted by atomic mass is 16.5. The van der Waals surface area contributed by atoms with Crippen molar-refractivity contribution in [1.82, 2.24) is 20.3 Å². The Hall–Kier alpha value is -4.06. The van der Waals surface area contributed by atoms with Gasteiger partial charge in [-0.05, 0) is 37.6 Å². The van der Waals surface area contributed by atoms with Gasteiger partial charge in [-0.3, -0.25) is 9.78 Å². The number of benzene rings is 2. The van der Waals surface area contributed by atoms with Gasteiger partial charge in [0.1, 0.15) is 11.3 Å². The third-order valence-electron chi connectivity index (χ3n) is 4.72. The number of pyridine rings is 1. The van der Waals surface area contributed by atoms with Crippen LogP contribution in [0, 0.1) is 13.8 Å². The second-order valence-corrected chi connectivity index (χ2v) is 7.15. The maximum Gasteiger partial charge on any atom is 0.258 e. The van der Waals surface area contributed by atoms with Crippen LogP contribution < -0.4 is 10.1 Å². The first-order chi connectivity index (χ1) is 15.1. The molecule has 0 saturated carbocycles. The topological polar surface area (TPSA) is 77.0 Å². The molecule has 0 bridgehead atoms. The maximum absolute atomic E-state index is 12.9. The Morgan fingerprint density at radius 3 is 2.52 bits per heavy atom. The quantitative estimate of drug-likeness (QED) is 0.490. The fourth-order valence-corrected chi connectivity index (χ4v) is 3.11. The van der Waals surface area contributed by atoms with Crippen LogP contribution in [0.25, 0.3) is 11.4 Å². The lowest BCUT2D eigenvalue weighted by atomic mass is 10.1. The van der Waals surface area contributed by atoms with E-state index in [0.717, 1.165) is 22.4 Å². The molecule has 0 atom stereocenters. The predicted molar refractivity (Wildman–Crippen MR) is 119 cm³/mol. The van der Waals surface area contributed by atoms with Crippen molar-refractivity contribution < 1.29 is 9.53 Å². The Balaban J connectivity index is 1.66. The Morgan fingerprint density at radius 2 is 1.77 bits per heavy atom. The van der Waals surface area contributed by atoms with Crippen molar-refractivity contribution in [3.8, 4) is 23.0 Å². The largest absolute Gasteiger partial charge is 0.438 e. The van der Waals surface area contributed by atoms with E-state index in [9.17, 15) is 4.79 Å². The summed E-state index contributed by atoms with van der Waals surface area (Å²) in [6.07, 6.45) is 3.19. The molecule has 0 saturated heterocycles. The molecule has 0 radical (unpaired) electrons. The fourth-order valence-electron chi connectivity index (χ4n) is 3.11. The van der Waals surface area contributed by atoms with Gasteiger partial charge in [0.15, 0.2) is 5.82 Å². The average Bonchev–Trinajstić information content (AvgIpc) is 2.80. The van der Waals surface area contributed by atoms with Crippen LogP contribution in [0.3, 0.4) is 0 Å². The summed E-state index contributed by atoms with van der Waals surface area (Å²) < 4.78 is 6.10. The highest BCUT2D eigenvalue weighted by molar-refractivity contribution is 5.96. The van der Waals surface area contributed by atoms with E-state index in [4.69, 9.17) is 4.74 Å². The molecule has 2 aromatic heterocycles. The van der Waals surface area contributed by atoms with E-state index in [2.05, 4.69) is 20.3 Å². The zero-order valence-corrected chi connectivity index (χ0v) is 17.4. The summed E-state index contributed by atoms with van der Waals surface area (Å²) in [5.74, 6) is 1.01. The number of rotatable bonds is 6. The molecule has 0 fully saturated rings. The van der Waals surface area contributed by atoms with Crippen LogP contribution in [-0.2, 0) is 6.54 Å². The first-order valence-electron chi connectivity index (χ1n) is 9.96. The molecule has 4 aromatic rings. The first-order valence-corrected chi connectivity index (χ1v) is 9.96. The Labute approximate surface area is 181 Å². The van der Waals surface area contributed by atoms with Gasteiger partial charge in [0, 0.05) is 18.0 Å². The number of nitrogens with one attached hydrogen (secondary N) is 1. The molecular formula is C25H22N4O2. The Morgan fingerprint density at radius 1 is 0.968 bits per heavy atom. The van der Waals surface area contributed by atoms with Crippen LogP contribution in [0.1, 0.15) is 27.2 Å².